The number of alkyl halides is 1. The van der Waals surface area contributed by atoms with E-state index in [1.165, 1.54) is 6.26 Å². The summed E-state index contributed by atoms with van der Waals surface area (Å²) < 4.78 is 4.95. The van der Waals surface area contributed by atoms with Crippen molar-refractivity contribution in [3.63, 3.8) is 0 Å². The molecule has 0 saturated heterocycles. The number of carbonyl (C=O) groups excluding carboxylic acids is 1. The van der Waals surface area contributed by atoms with Crippen molar-refractivity contribution in [3.8, 4) is 0 Å². The number of carbonyl (C=O) groups is 1. The summed E-state index contributed by atoms with van der Waals surface area (Å²) in [5, 5.41) is 0.139. The van der Waals surface area contributed by atoms with Gasteiger partial charge in [-0.1, -0.05) is 13.8 Å². The number of nitrogens with zero attached hydrogens (tertiary/aromatic N) is 1. The molecule has 0 bridgehead atoms. The second kappa shape index (κ2) is 6.92. The fourth-order valence-electron chi connectivity index (χ4n) is 1.87. The largest absolute Gasteiger partial charge is 0.452 e. The van der Waals surface area contributed by atoms with Crippen LogP contribution in [0.3, 0.4) is 0 Å². The Morgan fingerprint density at radius 1 is 1.47 bits per heavy atom. The second-order valence-corrected chi connectivity index (χ2v) is 4.49. The molecule has 0 aliphatic carbocycles. The zero-order chi connectivity index (χ0) is 12.8. The van der Waals surface area contributed by atoms with Crippen LogP contribution in [0.4, 0.5) is 0 Å². The van der Waals surface area contributed by atoms with Crippen LogP contribution >= 0.6 is 23.2 Å². The van der Waals surface area contributed by atoms with Crippen LogP contribution in [0.25, 0.3) is 0 Å². The zero-order valence-corrected chi connectivity index (χ0v) is 11.6. The normalized spacial score (nSPS) is 10.9. The molecule has 0 aliphatic rings. The first-order valence-corrected chi connectivity index (χ1v) is 6.66. The van der Waals surface area contributed by atoms with Crippen LogP contribution < -0.4 is 0 Å². The van der Waals surface area contributed by atoms with Gasteiger partial charge >= 0.3 is 0 Å². The van der Waals surface area contributed by atoms with E-state index in [2.05, 4.69) is 13.8 Å². The maximum atomic E-state index is 12.3. The number of rotatable bonds is 6. The van der Waals surface area contributed by atoms with Gasteiger partial charge in [0.05, 0.1) is 11.8 Å². The third kappa shape index (κ3) is 3.39. The summed E-state index contributed by atoms with van der Waals surface area (Å²) in [5.74, 6) is 0.302. The number of hydrogen-bond acceptors (Lipinski definition) is 2. The van der Waals surface area contributed by atoms with E-state index in [1.807, 2.05) is 0 Å². The summed E-state index contributed by atoms with van der Waals surface area (Å²) in [6, 6.07) is 1.78. The van der Waals surface area contributed by atoms with Crippen LogP contribution in [-0.2, 0) is 0 Å². The predicted molar refractivity (Wildman–Crippen MR) is 69.8 cm³/mol. The van der Waals surface area contributed by atoms with E-state index in [0.717, 1.165) is 12.8 Å². The van der Waals surface area contributed by atoms with Gasteiger partial charge in [0.25, 0.3) is 5.91 Å². The van der Waals surface area contributed by atoms with Crippen molar-refractivity contribution in [2.45, 2.75) is 32.7 Å². The van der Waals surface area contributed by atoms with Crippen LogP contribution in [0.1, 0.15) is 37.0 Å². The number of halogens is 2. The second-order valence-electron chi connectivity index (χ2n) is 3.77. The van der Waals surface area contributed by atoms with Gasteiger partial charge in [0.1, 0.15) is 0 Å². The first-order chi connectivity index (χ1) is 8.15. The van der Waals surface area contributed by atoms with Gasteiger partial charge in [-0.15, -0.1) is 11.6 Å². The molecule has 1 rings (SSSR count). The van der Waals surface area contributed by atoms with Crippen molar-refractivity contribution in [3.05, 3.63) is 23.1 Å². The fourth-order valence-corrected chi connectivity index (χ4v) is 2.25. The van der Waals surface area contributed by atoms with Crippen molar-refractivity contribution in [2.24, 2.45) is 0 Å². The minimum absolute atomic E-state index is 0.113. The van der Waals surface area contributed by atoms with Gasteiger partial charge in [-0.2, -0.15) is 0 Å². The van der Waals surface area contributed by atoms with E-state index in [0.29, 0.717) is 18.0 Å². The molecule has 0 saturated carbocycles. The lowest BCUT2D eigenvalue weighted by molar-refractivity contribution is 0.0681. The number of amides is 1. The smallest absolute Gasteiger partial charge is 0.259 e. The summed E-state index contributed by atoms with van der Waals surface area (Å²) in [6.45, 7) is 4.63. The lowest BCUT2D eigenvalue weighted by atomic mass is 10.1. The molecular weight excluding hydrogens is 261 g/mol. The van der Waals surface area contributed by atoms with Gasteiger partial charge in [0.2, 0.25) is 5.22 Å². The zero-order valence-electron chi connectivity index (χ0n) is 10.1. The Morgan fingerprint density at radius 3 is 2.53 bits per heavy atom. The van der Waals surface area contributed by atoms with E-state index >= 15 is 0 Å². The Morgan fingerprint density at radius 2 is 2.12 bits per heavy atom. The highest BCUT2D eigenvalue weighted by atomic mass is 35.5. The Labute approximate surface area is 112 Å². The van der Waals surface area contributed by atoms with Gasteiger partial charge in [0, 0.05) is 18.5 Å². The Hall–Kier alpha value is -0.670. The minimum Gasteiger partial charge on any atom is -0.452 e. The van der Waals surface area contributed by atoms with Crippen molar-refractivity contribution in [1.82, 2.24) is 4.90 Å². The third-order valence-corrected chi connectivity index (χ3v) is 3.28. The highest BCUT2D eigenvalue weighted by molar-refractivity contribution is 6.32. The Kier molecular flexibility index (Phi) is 5.86. The van der Waals surface area contributed by atoms with Crippen LogP contribution in [0.15, 0.2) is 16.7 Å². The van der Waals surface area contributed by atoms with E-state index in [4.69, 9.17) is 27.6 Å². The van der Waals surface area contributed by atoms with E-state index in [9.17, 15) is 4.79 Å². The maximum absolute atomic E-state index is 12.3. The monoisotopic (exact) mass is 277 g/mol. The van der Waals surface area contributed by atoms with E-state index in [-0.39, 0.29) is 17.2 Å². The van der Waals surface area contributed by atoms with Gasteiger partial charge in [0.15, 0.2) is 0 Å². The first-order valence-electron chi connectivity index (χ1n) is 5.75. The summed E-state index contributed by atoms with van der Waals surface area (Å²) in [4.78, 5) is 14.1. The van der Waals surface area contributed by atoms with Crippen LogP contribution in [-0.4, -0.2) is 29.3 Å². The molecule has 17 heavy (non-hydrogen) atoms. The molecule has 0 atom stereocenters. The Balaban J connectivity index is 2.91. The van der Waals surface area contributed by atoms with E-state index in [1.54, 1.807) is 11.0 Å². The highest BCUT2D eigenvalue weighted by Crippen LogP contribution is 2.21. The molecule has 0 aliphatic heterocycles. The molecule has 0 spiro atoms. The summed E-state index contributed by atoms with van der Waals surface area (Å²) >= 11 is 11.6. The third-order valence-electron chi connectivity index (χ3n) is 2.82. The number of furan rings is 1. The maximum Gasteiger partial charge on any atom is 0.259 e. The molecular formula is C12H17Cl2NO2. The average molecular weight is 278 g/mol. The molecule has 1 aromatic heterocycles. The SMILES string of the molecule is CCC(CC)N(CCCl)C(=O)c1ccoc1Cl. The topological polar surface area (TPSA) is 33.5 Å². The summed E-state index contributed by atoms with van der Waals surface area (Å²) in [5.41, 5.74) is 0.406. The molecule has 96 valence electrons. The quantitative estimate of drug-likeness (QED) is 0.741. The van der Waals surface area contributed by atoms with Crippen molar-refractivity contribution in [2.75, 3.05) is 12.4 Å². The minimum atomic E-state index is -0.113. The van der Waals surface area contributed by atoms with Gasteiger partial charge in [-0.25, -0.2) is 0 Å². The number of hydrogen-bond donors (Lipinski definition) is 0. The molecule has 0 unspecified atom stereocenters. The molecule has 0 radical (unpaired) electrons. The average Bonchev–Trinajstić information content (AvgIpc) is 2.75. The standard InChI is InChI=1S/C12H17Cl2NO2/c1-3-9(4-2)15(7-6-13)12(16)10-5-8-17-11(10)14/h5,8-9H,3-4,6-7H2,1-2H3. The molecule has 1 aromatic rings. The highest BCUT2D eigenvalue weighted by Gasteiger charge is 2.24. The Bertz CT molecular complexity index is 361. The molecule has 0 fully saturated rings. The molecule has 0 aromatic carbocycles. The van der Waals surface area contributed by atoms with Gasteiger partial charge in [-0.05, 0) is 30.5 Å². The van der Waals surface area contributed by atoms with Gasteiger partial charge < -0.3 is 9.32 Å². The first kappa shape index (κ1) is 14.4. The van der Waals surface area contributed by atoms with Crippen molar-refractivity contribution in [1.29, 1.82) is 0 Å². The van der Waals surface area contributed by atoms with E-state index < -0.39 is 0 Å². The summed E-state index contributed by atoms with van der Waals surface area (Å²) in [7, 11) is 0. The molecule has 3 nitrogen and oxygen atoms in total. The molecule has 1 heterocycles. The van der Waals surface area contributed by atoms with Crippen molar-refractivity contribution >= 4 is 29.1 Å². The van der Waals surface area contributed by atoms with Crippen molar-refractivity contribution < 1.29 is 9.21 Å². The molecule has 5 heteroatoms. The van der Waals surface area contributed by atoms with Crippen LogP contribution in [0.2, 0.25) is 5.22 Å². The predicted octanol–water partition coefficient (Wildman–Crippen LogP) is 3.80. The molecule has 0 N–H and O–H groups in total. The lowest BCUT2D eigenvalue weighted by Crippen LogP contribution is -2.41. The summed E-state index contributed by atoms with van der Waals surface area (Å²) in [6.07, 6.45) is 3.21. The molecule has 1 amide bonds. The fraction of sp³-hybridized carbons (Fsp3) is 0.583. The van der Waals surface area contributed by atoms with Gasteiger partial charge in [-0.3, -0.25) is 4.79 Å². The van der Waals surface area contributed by atoms with Crippen LogP contribution in [0, 0.1) is 0 Å². The lowest BCUT2D eigenvalue weighted by Gasteiger charge is -2.29. The van der Waals surface area contributed by atoms with Crippen LogP contribution in [0.5, 0.6) is 0 Å².